The van der Waals surface area contributed by atoms with E-state index in [1.807, 2.05) is 0 Å². The van der Waals surface area contributed by atoms with Gasteiger partial charge in [-0.1, -0.05) is 0 Å². The molecule has 38 valence electrons. The minimum absolute atomic E-state index is 0.521. The van der Waals surface area contributed by atoms with Crippen LogP contribution in [0.15, 0.2) is 0 Å². The summed E-state index contributed by atoms with van der Waals surface area (Å²) in [7, 11) is -3.47. The third-order valence-electron chi connectivity index (χ3n) is 0.134. The molecule has 0 spiro atoms. The molecule has 0 bridgehead atoms. The van der Waals surface area contributed by atoms with Crippen molar-refractivity contribution in [3.05, 3.63) is 0 Å². The van der Waals surface area contributed by atoms with E-state index in [0.717, 1.165) is 0 Å². The summed E-state index contributed by atoms with van der Waals surface area (Å²) in [4.78, 5) is 0. The van der Waals surface area contributed by atoms with E-state index in [1.54, 1.807) is 0 Å². The summed E-state index contributed by atoms with van der Waals surface area (Å²) in [6.45, 7) is 0. The maximum atomic E-state index is 9.62. The van der Waals surface area contributed by atoms with Crippen LogP contribution >= 0.6 is 0 Å². The molecule has 0 atom stereocenters. The van der Waals surface area contributed by atoms with Gasteiger partial charge in [-0.05, 0) is 0 Å². The van der Waals surface area contributed by atoms with Crippen LogP contribution in [0, 0.1) is 0 Å². The van der Waals surface area contributed by atoms with Crippen LogP contribution in [-0.4, -0.2) is 8.42 Å². The molecule has 0 aliphatic rings. The first-order valence-corrected chi connectivity index (χ1v) is 3.12. The molecule has 0 aromatic carbocycles. The molecule has 0 aliphatic carbocycles. The summed E-state index contributed by atoms with van der Waals surface area (Å²) >= 11 is 3.95. The SMILES string of the molecule is NS(=O)(=O)[NH2+][S-]. The van der Waals surface area contributed by atoms with Crippen molar-refractivity contribution in [2.75, 3.05) is 0 Å². The second-order valence-electron chi connectivity index (χ2n) is 0.685. The van der Waals surface area contributed by atoms with Crippen molar-refractivity contribution < 1.29 is 12.5 Å². The molecule has 0 saturated heterocycles. The molecule has 4 nitrogen and oxygen atoms in total. The Bertz CT molecular complexity index is 112. The van der Waals surface area contributed by atoms with Gasteiger partial charge in [-0.2, -0.15) is 13.6 Å². The Labute approximate surface area is 41.5 Å². The quantitative estimate of drug-likeness (QED) is 0.375. The van der Waals surface area contributed by atoms with Crippen molar-refractivity contribution in [3.63, 3.8) is 0 Å². The lowest BCUT2D eigenvalue weighted by Crippen LogP contribution is -2.83. The fraction of sp³-hybridized carbons (Fsp3) is 0. The van der Waals surface area contributed by atoms with Gasteiger partial charge < -0.3 is 16.9 Å². The fourth-order valence-electron chi connectivity index (χ4n) is 0. The third kappa shape index (κ3) is 4.22. The molecule has 0 rings (SSSR count). The molecule has 0 amide bonds. The minimum atomic E-state index is -3.47. The smallest absolute Gasteiger partial charge is 0.347 e. The van der Waals surface area contributed by atoms with Crippen LogP contribution < -0.4 is 9.27 Å². The van der Waals surface area contributed by atoms with Gasteiger partial charge in [0.05, 0.1) is 0 Å². The number of nitrogens with two attached hydrogens (primary N) is 2. The maximum absolute atomic E-state index is 9.62. The molecule has 6 heteroatoms. The van der Waals surface area contributed by atoms with Gasteiger partial charge in [-0.3, -0.25) is 0 Å². The highest BCUT2D eigenvalue weighted by atomic mass is 32.3. The molecule has 6 heavy (non-hydrogen) atoms. The summed E-state index contributed by atoms with van der Waals surface area (Å²) in [6.07, 6.45) is 0. The average molecular weight is 128 g/mol. The normalized spacial score (nSPS) is 11.7. The lowest BCUT2D eigenvalue weighted by Gasteiger charge is -1.92. The van der Waals surface area contributed by atoms with E-state index >= 15 is 0 Å². The second kappa shape index (κ2) is 1.78. The Balaban J connectivity index is 3.85. The highest BCUT2D eigenvalue weighted by molar-refractivity contribution is 7.86. The van der Waals surface area contributed by atoms with Gasteiger partial charge in [0.15, 0.2) is 0 Å². The monoisotopic (exact) mass is 128 g/mol. The van der Waals surface area contributed by atoms with Crippen molar-refractivity contribution in [3.8, 4) is 0 Å². The van der Waals surface area contributed by atoms with Crippen molar-refractivity contribution in [1.82, 2.24) is 0 Å². The van der Waals surface area contributed by atoms with Crippen LogP contribution in [0.2, 0.25) is 0 Å². The fourth-order valence-corrected chi connectivity index (χ4v) is 0. The van der Waals surface area contributed by atoms with E-state index in [4.69, 9.17) is 0 Å². The molecule has 0 aliphatic heterocycles. The Morgan fingerprint density at radius 2 is 1.83 bits per heavy atom. The van der Waals surface area contributed by atoms with E-state index in [-0.39, 0.29) is 0 Å². The Hall–Kier alpha value is 0.220. The van der Waals surface area contributed by atoms with Gasteiger partial charge in [0, 0.05) is 0 Å². The van der Waals surface area contributed by atoms with Crippen LogP contribution in [0.4, 0.5) is 0 Å². The average Bonchev–Trinajstić information content (AvgIpc) is 1.35. The molecular weight excluding hydrogens is 124 g/mol. The standard InChI is InChI=1S/H4N2O2S2/c1-6(3,4)2-5/h2H2,(H2,1,3,4). The summed E-state index contributed by atoms with van der Waals surface area (Å²) in [5.41, 5.74) is 0. The van der Waals surface area contributed by atoms with E-state index in [0.29, 0.717) is 4.13 Å². The van der Waals surface area contributed by atoms with Crippen LogP contribution in [0.3, 0.4) is 0 Å². The van der Waals surface area contributed by atoms with Gasteiger partial charge in [0.1, 0.15) is 0 Å². The maximum Gasteiger partial charge on any atom is 0.347 e. The Morgan fingerprint density at radius 1 is 1.67 bits per heavy atom. The van der Waals surface area contributed by atoms with Gasteiger partial charge in [-0.15, -0.1) is 0 Å². The lowest BCUT2D eigenvalue weighted by atomic mass is 13.9. The molecule has 4 N–H and O–H groups in total. The molecule has 0 saturated carbocycles. The summed E-state index contributed by atoms with van der Waals surface area (Å²) in [5.74, 6) is 0. The highest BCUT2D eigenvalue weighted by Gasteiger charge is 1.88. The van der Waals surface area contributed by atoms with Crippen molar-refractivity contribution in [1.29, 1.82) is 0 Å². The first-order valence-electron chi connectivity index (χ1n) is 1.04. The van der Waals surface area contributed by atoms with Crippen LogP contribution in [-0.2, 0) is 23.0 Å². The van der Waals surface area contributed by atoms with Crippen molar-refractivity contribution in [2.24, 2.45) is 5.14 Å². The minimum Gasteiger partial charge on any atom is -0.478 e. The molecule has 0 heterocycles. The summed E-state index contributed by atoms with van der Waals surface area (Å²) in [6, 6.07) is 0. The first kappa shape index (κ1) is 6.22. The van der Waals surface area contributed by atoms with E-state index < -0.39 is 10.2 Å². The van der Waals surface area contributed by atoms with Crippen LogP contribution in [0.25, 0.3) is 0 Å². The summed E-state index contributed by atoms with van der Waals surface area (Å²) < 4.78 is 19.8. The van der Waals surface area contributed by atoms with E-state index in [9.17, 15) is 8.42 Å². The number of hydrogen-bond donors (Lipinski definition) is 2. The number of quaternary nitrogens is 1. The van der Waals surface area contributed by atoms with E-state index in [2.05, 4.69) is 18.0 Å². The summed E-state index contributed by atoms with van der Waals surface area (Å²) in [5, 5.41) is 4.35. The lowest BCUT2D eigenvalue weighted by molar-refractivity contribution is -0.288. The predicted octanol–water partition coefficient (Wildman–Crippen LogP) is -2.78. The molecule has 0 aromatic heterocycles. The third-order valence-corrected chi connectivity index (χ3v) is 1.21. The van der Waals surface area contributed by atoms with Crippen LogP contribution in [0.5, 0.6) is 0 Å². The predicted molar refractivity (Wildman–Crippen MR) is 22.4 cm³/mol. The largest absolute Gasteiger partial charge is 0.478 e. The Kier molecular flexibility index (Phi) is 1.85. The zero-order valence-corrected chi connectivity index (χ0v) is 4.42. The van der Waals surface area contributed by atoms with Crippen molar-refractivity contribution in [2.45, 2.75) is 0 Å². The zero-order valence-electron chi connectivity index (χ0n) is 2.79. The van der Waals surface area contributed by atoms with Gasteiger partial charge in [0.25, 0.3) is 0 Å². The van der Waals surface area contributed by atoms with Crippen molar-refractivity contribution >= 4 is 23.0 Å². The molecule has 0 radical (unpaired) electrons. The van der Waals surface area contributed by atoms with E-state index in [1.165, 1.54) is 0 Å². The Morgan fingerprint density at radius 3 is 1.83 bits per heavy atom. The van der Waals surface area contributed by atoms with Crippen LogP contribution in [0.1, 0.15) is 0 Å². The topological polar surface area (TPSA) is 76.8 Å². The molecule has 0 aromatic rings. The second-order valence-corrected chi connectivity index (χ2v) is 2.63. The number of rotatable bonds is 1. The highest BCUT2D eigenvalue weighted by Crippen LogP contribution is 1.38. The molecular formula is H4N2O2S2. The molecule has 0 unspecified atom stereocenters. The van der Waals surface area contributed by atoms with Gasteiger partial charge in [-0.25, -0.2) is 0 Å². The van der Waals surface area contributed by atoms with Gasteiger partial charge in [0.2, 0.25) is 0 Å². The zero-order chi connectivity index (χ0) is 5.21. The number of hydrogen-bond acceptors (Lipinski definition) is 3. The van der Waals surface area contributed by atoms with Gasteiger partial charge >= 0.3 is 10.2 Å². The molecule has 0 fully saturated rings. The first-order chi connectivity index (χ1) is 2.56.